The SMILES string of the molecule is CCCCC1=[C]([Sn]([CH2]CCC)([CH2]CCC)[CH2]CCC)C(=O)c2ccccc2C1=O. The maximum absolute atomic E-state index is 13.9. The standard InChI is InChI=1S/C14H13O2.3C4H9.Sn/c1-2-3-6-10-9-13(15)11-7-4-5-8-12(11)14(10)16;3*1-3-4-2;/h4-5,7-8H,2-3,6H2,1H3;3*1,3-4H2,2H3;. The summed E-state index contributed by atoms with van der Waals surface area (Å²) in [4.78, 5) is 27.5. The summed E-state index contributed by atoms with van der Waals surface area (Å²) in [5.41, 5.74) is 2.25. The van der Waals surface area contributed by atoms with Gasteiger partial charge in [0.15, 0.2) is 0 Å². The van der Waals surface area contributed by atoms with Gasteiger partial charge in [0, 0.05) is 0 Å². The molecule has 1 aliphatic rings. The summed E-state index contributed by atoms with van der Waals surface area (Å²) in [7, 11) is 0. The Morgan fingerprint density at radius 1 is 0.655 bits per heavy atom. The molecular weight excluding hydrogens is 463 g/mol. The molecule has 2 rings (SSSR count). The zero-order valence-electron chi connectivity index (χ0n) is 19.1. The molecule has 1 aromatic carbocycles. The fraction of sp³-hybridized carbons (Fsp3) is 0.615. The molecule has 0 heterocycles. The van der Waals surface area contributed by atoms with E-state index in [1.807, 2.05) is 24.3 Å². The van der Waals surface area contributed by atoms with Crippen molar-refractivity contribution in [2.24, 2.45) is 0 Å². The number of Topliss-reactive ketones (excluding diaryl/α,β-unsaturated/α-hetero) is 2. The fourth-order valence-electron chi connectivity index (χ4n) is 4.88. The number of ketones is 2. The zero-order chi connectivity index (χ0) is 21.3. The second kappa shape index (κ2) is 12.1. The van der Waals surface area contributed by atoms with E-state index in [0.717, 1.165) is 28.4 Å². The zero-order valence-corrected chi connectivity index (χ0v) is 22.0. The van der Waals surface area contributed by atoms with Gasteiger partial charge in [-0.1, -0.05) is 0 Å². The molecule has 0 bridgehead atoms. The second-order valence-electron chi connectivity index (χ2n) is 8.75. The predicted octanol–water partition coefficient (Wildman–Crippen LogP) is 7.94. The number of unbranched alkanes of at least 4 members (excludes halogenated alkanes) is 4. The fourth-order valence-corrected chi connectivity index (χ4v) is 22.2. The minimum atomic E-state index is -3.00. The van der Waals surface area contributed by atoms with Gasteiger partial charge in [-0.15, -0.1) is 0 Å². The van der Waals surface area contributed by atoms with Gasteiger partial charge in [0.05, 0.1) is 0 Å². The number of carbonyl (C=O) groups excluding carboxylic acids is 2. The third-order valence-electron chi connectivity index (χ3n) is 6.56. The molecule has 0 aliphatic heterocycles. The van der Waals surface area contributed by atoms with E-state index in [1.54, 1.807) is 0 Å². The van der Waals surface area contributed by atoms with Crippen molar-refractivity contribution in [1.82, 2.24) is 0 Å². The molecule has 0 unspecified atom stereocenters. The van der Waals surface area contributed by atoms with Crippen LogP contribution in [0.1, 0.15) is 106 Å². The van der Waals surface area contributed by atoms with Crippen LogP contribution in [0.15, 0.2) is 33.4 Å². The molecule has 0 radical (unpaired) electrons. The van der Waals surface area contributed by atoms with Crippen LogP contribution >= 0.6 is 0 Å². The van der Waals surface area contributed by atoms with Gasteiger partial charge in [0.25, 0.3) is 0 Å². The molecule has 0 saturated heterocycles. The molecule has 1 aliphatic carbocycles. The summed E-state index contributed by atoms with van der Waals surface area (Å²) < 4.78 is 4.80. The normalized spacial score (nSPS) is 14.5. The Labute approximate surface area is 182 Å². The summed E-state index contributed by atoms with van der Waals surface area (Å²) >= 11 is -3.00. The number of rotatable bonds is 13. The topological polar surface area (TPSA) is 34.1 Å². The molecule has 3 heteroatoms. The molecule has 0 spiro atoms. The Bertz CT molecular complexity index is 710. The number of hydrogen-bond acceptors (Lipinski definition) is 2. The molecule has 0 N–H and O–H groups in total. The maximum atomic E-state index is 13.9. The molecule has 29 heavy (non-hydrogen) atoms. The van der Waals surface area contributed by atoms with E-state index in [1.165, 1.54) is 51.8 Å². The van der Waals surface area contributed by atoms with Gasteiger partial charge in [0.2, 0.25) is 0 Å². The first-order valence-electron chi connectivity index (χ1n) is 12.0. The third-order valence-corrected chi connectivity index (χ3v) is 22.3. The molecule has 0 saturated carbocycles. The number of carbonyl (C=O) groups is 2. The monoisotopic (exact) mass is 504 g/mol. The molecule has 2 nitrogen and oxygen atoms in total. The Morgan fingerprint density at radius 3 is 1.55 bits per heavy atom. The van der Waals surface area contributed by atoms with Gasteiger partial charge in [-0.05, 0) is 0 Å². The quantitative estimate of drug-likeness (QED) is 0.256. The van der Waals surface area contributed by atoms with Gasteiger partial charge < -0.3 is 0 Å². The van der Waals surface area contributed by atoms with E-state index < -0.39 is 18.4 Å². The van der Waals surface area contributed by atoms with Crippen LogP contribution in [0.4, 0.5) is 0 Å². The van der Waals surface area contributed by atoms with Crippen molar-refractivity contribution >= 4 is 29.9 Å². The second-order valence-corrected chi connectivity index (χ2v) is 21.8. The molecule has 0 fully saturated rings. The summed E-state index contributed by atoms with van der Waals surface area (Å²) in [6.07, 6.45) is 9.98. The predicted molar refractivity (Wildman–Crippen MR) is 127 cm³/mol. The minimum absolute atomic E-state index is 0.161. The first kappa shape index (κ1) is 24.4. The summed E-state index contributed by atoms with van der Waals surface area (Å²) in [5, 5.41) is 0. The van der Waals surface area contributed by atoms with Crippen molar-refractivity contribution in [2.75, 3.05) is 0 Å². The van der Waals surface area contributed by atoms with Crippen LogP contribution in [-0.2, 0) is 0 Å². The van der Waals surface area contributed by atoms with Crippen LogP contribution in [0.5, 0.6) is 0 Å². The van der Waals surface area contributed by atoms with Crippen molar-refractivity contribution in [3.8, 4) is 0 Å². The van der Waals surface area contributed by atoms with Crippen molar-refractivity contribution in [3.63, 3.8) is 0 Å². The molecular formula is C26H40O2Sn. The molecule has 160 valence electrons. The Hall–Kier alpha value is -0.901. The van der Waals surface area contributed by atoms with Crippen LogP contribution in [0.2, 0.25) is 13.3 Å². The van der Waals surface area contributed by atoms with Crippen molar-refractivity contribution in [3.05, 3.63) is 44.6 Å². The summed E-state index contributed by atoms with van der Waals surface area (Å²) in [5.74, 6) is 0.389. The van der Waals surface area contributed by atoms with Crippen LogP contribution in [0.3, 0.4) is 0 Å². The van der Waals surface area contributed by atoms with Crippen LogP contribution < -0.4 is 0 Å². The van der Waals surface area contributed by atoms with E-state index >= 15 is 0 Å². The van der Waals surface area contributed by atoms with Crippen LogP contribution in [-0.4, -0.2) is 29.9 Å². The number of hydrogen-bond donors (Lipinski definition) is 0. The van der Waals surface area contributed by atoms with Gasteiger partial charge in [-0.2, -0.15) is 0 Å². The Kier molecular flexibility index (Phi) is 10.1. The first-order valence-corrected chi connectivity index (χ1v) is 19.5. The van der Waals surface area contributed by atoms with Gasteiger partial charge in [0.1, 0.15) is 0 Å². The van der Waals surface area contributed by atoms with E-state index in [9.17, 15) is 9.59 Å². The van der Waals surface area contributed by atoms with E-state index in [0.29, 0.717) is 11.1 Å². The third kappa shape index (κ3) is 5.62. The molecule has 0 atom stereocenters. The average Bonchev–Trinajstić information content (AvgIpc) is 2.75. The van der Waals surface area contributed by atoms with Gasteiger partial charge in [-0.3, -0.25) is 0 Å². The van der Waals surface area contributed by atoms with Crippen molar-refractivity contribution in [2.45, 2.75) is 98.8 Å². The Morgan fingerprint density at radius 2 is 1.10 bits per heavy atom. The first-order chi connectivity index (χ1) is 14.1. The Balaban J connectivity index is 2.68. The van der Waals surface area contributed by atoms with Crippen molar-refractivity contribution in [1.29, 1.82) is 0 Å². The van der Waals surface area contributed by atoms with Crippen LogP contribution in [0.25, 0.3) is 0 Å². The number of benzene rings is 1. The van der Waals surface area contributed by atoms with Crippen molar-refractivity contribution < 1.29 is 9.59 Å². The van der Waals surface area contributed by atoms with Gasteiger partial charge in [-0.25, -0.2) is 0 Å². The molecule has 0 aromatic heterocycles. The molecule has 1 aromatic rings. The molecule has 0 amide bonds. The van der Waals surface area contributed by atoms with E-state index in [-0.39, 0.29) is 11.6 Å². The summed E-state index contributed by atoms with van der Waals surface area (Å²) in [6, 6.07) is 7.57. The average molecular weight is 503 g/mol. The van der Waals surface area contributed by atoms with E-state index in [2.05, 4.69) is 27.7 Å². The van der Waals surface area contributed by atoms with Gasteiger partial charge >= 0.3 is 183 Å². The summed E-state index contributed by atoms with van der Waals surface area (Å²) in [6.45, 7) is 8.94. The number of allylic oxidation sites excluding steroid dienone is 2. The van der Waals surface area contributed by atoms with Crippen LogP contribution in [0, 0.1) is 0 Å². The van der Waals surface area contributed by atoms with E-state index in [4.69, 9.17) is 0 Å². The number of fused-ring (bicyclic) bond motifs is 1.